The molecule has 0 saturated carbocycles. The highest BCUT2D eigenvalue weighted by Gasteiger charge is 2.34. The van der Waals surface area contributed by atoms with Crippen LogP contribution in [0.1, 0.15) is 34.3 Å². The Morgan fingerprint density at radius 1 is 1.07 bits per heavy atom. The van der Waals surface area contributed by atoms with Gasteiger partial charge in [-0.25, -0.2) is 9.88 Å². The number of aromatic nitrogens is 1. The lowest BCUT2D eigenvalue weighted by Gasteiger charge is -2.25. The van der Waals surface area contributed by atoms with Crippen molar-refractivity contribution in [2.45, 2.75) is 32.0 Å². The Kier molecular flexibility index (Phi) is 10.2. The summed E-state index contributed by atoms with van der Waals surface area (Å²) < 4.78 is 32.0. The second-order valence-corrected chi connectivity index (χ2v) is 12.2. The van der Waals surface area contributed by atoms with Crippen LogP contribution in [-0.4, -0.2) is 36.2 Å². The molecule has 1 N–H and O–H groups in total. The van der Waals surface area contributed by atoms with E-state index in [2.05, 4.69) is 16.7 Å². The first-order chi connectivity index (χ1) is 19.4. The molecule has 0 fully saturated rings. The molecular formula is C30H31N2O6PS. The number of nitrogens with zero attached hydrogens (tertiary/aromatic N) is 1. The highest BCUT2D eigenvalue weighted by atomic mass is 32.1. The number of fused-ring (bicyclic) bond motifs is 1. The number of esters is 2. The maximum Gasteiger partial charge on any atom is 0.348 e. The third-order valence-electron chi connectivity index (χ3n) is 5.73. The maximum atomic E-state index is 14.5. The second kappa shape index (κ2) is 14.0. The van der Waals surface area contributed by atoms with Crippen molar-refractivity contribution in [1.82, 2.24) is 10.1 Å². The number of hydrogen-bond acceptors (Lipinski definition) is 8. The molecule has 2 aromatic heterocycles. The van der Waals surface area contributed by atoms with E-state index in [4.69, 9.17) is 14.0 Å². The van der Waals surface area contributed by atoms with Gasteiger partial charge in [0, 0.05) is 23.0 Å². The summed E-state index contributed by atoms with van der Waals surface area (Å²) in [6.07, 6.45) is 3.97. The lowest BCUT2D eigenvalue weighted by molar-refractivity contribution is -0.145. The van der Waals surface area contributed by atoms with Crippen LogP contribution in [0.4, 0.5) is 0 Å². The molecule has 2 aromatic carbocycles. The minimum Gasteiger partial charge on any atom is -0.465 e. The van der Waals surface area contributed by atoms with Gasteiger partial charge in [-0.2, -0.15) is 0 Å². The van der Waals surface area contributed by atoms with E-state index in [1.54, 1.807) is 48.7 Å². The van der Waals surface area contributed by atoms with Crippen molar-refractivity contribution in [2.24, 2.45) is 0 Å². The van der Waals surface area contributed by atoms with Gasteiger partial charge >= 0.3 is 19.5 Å². The highest BCUT2D eigenvalue weighted by Crippen LogP contribution is 2.47. The molecule has 0 radical (unpaired) electrons. The molecule has 0 aliphatic heterocycles. The number of hydrogen-bond donors (Lipinski definition) is 1. The average molecular weight is 579 g/mol. The normalized spacial score (nSPS) is 13.2. The van der Waals surface area contributed by atoms with Crippen LogP contribution in [0.2, 0.25) is 0 Å². The fourth-order valence-corrected chi connectivity index (χ4v) is 6.90. The molecule has 0 saturated heterocycles. The summed E-state index contributed by atoms with van der Waals surface area (Å²) in [4.78, 5) is 30.2. The molecule has 0 amide bonds. The quantitative estimate of drug-likeness (QED) is 0.102. The Bertz CT molecular complexity index is 1490. The summed E-state index contributed by atoms with van der Waals surface area (Å²) in [6, 6.07) is 20.6. The van der Waals surface area contributed by atoms with Crippen LogP contribution in [0.3, 0.4) is 0 Å². The number of nitrogens with one attached hydrogen (secondary N) is 1. The fourth-order valence-electron chi connectivity index (χ4n) is 3.94. The second-order valence-electron chi connectivity index (χ2n) is 8.98. The van der Waals surface area contributed by atoms with Gasteiger partial charge in [0.05, 0.1) is 12.8 Å². The van der Waals surface area contributed by atoms with Gasteiger partial charge in [0.2, 0.25) is 0 Å². The largest absolute Gasteiger partial charge is 0.465 e. The van der Waals surface area contributed by atoms with Gasteiger partial charge < -0.3 is 14.0 Å². The standard InChI is InChI=1S/C30H31N2O6PS/c1-3-16-36-29(33)26(20-24-10-8-9-15-31-24)32-39(35,38-25-11-6-5-7-12-25)21-22-13-14-27-23(18-22)19-28(40-27)30(34)37-17-4-2/h4-15,18-19,26H,2-3,16-17,20-21H2,1H3,(H,32,35). The van der Waals surface area contributed by atoms with Gasteiger partial charge in [-0.05, 0) is 59.8 Å². The molecule has 8 nitrogen and oxygen atoms in total. The van der Waals surface area contributed by atoms with Gasteiger partial charge in [0.25, 0.3) is 0 Å². The van der Waals surface area contributed by atoms with Gasteiger partial charge in [0.15, 0.2) is 0 Å². The van der Waals surface area contributed by atoms with Crippen LogP contribution in [0.5, 0.6) is 5.75 Å². The smallest absolute Gasteiger partial charge is 0.348 e. The van der Waals surface area contributed by atoms with E-state index in [0.29, 0.717) is 28.3 Å². The van der Waals surface area contributed by atoms with Crippen molar-refractivity contribution >= 4 is 40.9 Å². The van der Waals surface area contributed by atoms with E-state index in [1.165, 1.54) is 17.4 Å². The van der Waals surface area contributed by atoms with E-state index < -0.39 is 25.5 Å². The molecule has 2 heterocycles. The van der Waals surface area contributed by atoms with Crippen LogP contribution in [0.15, 0.2) is 91.6 Å². The number of para-hydroxylation sites is 1. The van der Waals surface area contributed by atoms with E-state index in [1.807, 2.05) is 37.3 Å². The van der Waals surface area contributed by atoms with Crippen LogP contribution in [-0.2, 0) is 31.4 Å². The average Bonchev–Trinajstić information content (AvgIpc) is 3.39. The molecule has 0 bridgehead atoms. The number of carbonyl (C=O) groups excluding carboxylic acids is 2. The molecule has 0 aliphatic rings. The van der Waals surface area contributed by atoms with Crippen LogP contribution < -0.4 is 9.61 Å². The van der Waals surface area contributed by atoms with E-state index in [9.17, 15) is 14.2 Å². The molecule has 208 valence electrons. The molecule has 0 aliphatic carbocycles. The van der Waals surface area contributed by atoms with Crippen molar-refractivity contribution in [3.8, 4) is 5.75 Å². The Labute approximate surface area is 237 Å². The zero-order valence-electron chi connectivity index (χ0n) is 22.2. The SMILES string of the molecule is C=CCOC(=O)c1cc2cc(CP(=O)(NC(Cc3ccccn3)C(=O)OCCC)Oc3ccccc3)ccc2s1. The van der Waals surface area contributed by atoms with Crippen LogP contribution >= 0.6 is 18.9 Å². The third kappa shape index (κ3) is 8.11. The Hall–Kier alpha value is -3.78. The van der Waals surface area contributed by atoms with E-state index >= 15 is 0 Å². The van der Waals surface area contributed by atoms with Crippen molar-refractivity contribution in [3.05, 3.63) is 108 Å². The van der Waals surface area contributed by atoms with E-state index in [-0.39, 0.29) is 25.8 Å². The summed E-state index contributed by atoms with van der Waals surface area (Å²) in [5.41, 5.74) is 1.36. The van der Waals surface area contributed by atoms with Gasteiger partial charge in [-0.15, -0.1) is 11.3 Å². The van der Waals surface area contributed by atoms with Crippen molar-refractivity contribution in [3.63, 3.8) is 0 Å². The molecular weight excluding hydrogens is 547 g/mol. The summed E-state index contributed by atoms with van der Waals surface area (Å²) in [5, 5.41) is 3.83. The molecule has 2 unspecified atom stereocenters. The van der Waals surface area contributed by atoms with Gasteiger partial charge in [0.1, 0.15) is 23.3 Å². The first kappa shape index (κ1) is 29.2. The maximum absolute atomic E-state index is 14.5. The monoisotopic (exact) mass is 578 g/mol. The Morgan fingerprint density at radius 3 is 2.60 bits per heavy atom. The molecule has 4 rings (SSSR count). The first-order valence-electron chi connectivity index (χ1n) is 12.9. The number of benzene rings is 2. The van der Waals surface area contributed by atoms with Crippen molar-refractivity contribution in [1.29, 1.82) is 0 Å². The number of carbonyl (C=O) groups is 2. The van der Waals surface area contributed by atoms with Crippen LogP contribution in [0, 0.1) is 0 Å². The predicted molar refractivity (Wildman–Crippen MR) is 157 cm³/mol. The summed E-state index contributed by atoms with van der Waals surface area (Å²) in [6.45, 7) is 5.84. The summed E-state index contributed by atoms with van der Waals surface area (Å²) in [5.74, 6) is -0.550. The lowest BCUT2D eigenvalue weighted by atomic mass is 10.1. The zero-order chi connectivity index (χ0) is 28.4. The van der Waals surface area contributed by atoms with Gasteiger partial charge in [-0.1, -0.05) is 49.9 Å². The number of thiophene rings is 1. The molecule has 4 aromatic rings. The molecule has 40 heavy (non-hydrogen) atoms. The minimum atomic E-state index is -3.73. The highest BCUT2D eigenvalue weighted by molar-refractivity contribution is 7.56. The van der Waals surface area contributed by atoms with Crippen LogP contribution in [0.25, 0.3) is 10.1 Å². The number of rotatable bonds is 14. The summed E-state index contributed by atoms with van der Waals surface area (Å²) >= 11 is 1.32. The number of ether oxygens (including phenoxy) is 2. The number of pyridine rings is 1. The molecule has 10 heteroatoms. The summed E-state index contributed by atoms with van der Waals surface area (Å²) in [7, 11) is -3.73. The third-order valence-corrected chi connectivity index (χ3v) is 8.81. The molecule has 2 atom stereocenters. The Balaban J connectivity index is 1.63. The fraction of sp³-hybridized carbons (Fsp3) is 0.233. The minimum absolute atomic E-state index is 0.0102. The topological polar surface area (TPSA) is 104 Å². The van der Waals surface area contributed by atoms with E-state index in [0.717, 1.165) is 10.1 Å². The first-order valence-corrected chi connectivity index (χ1v) is 15.5. The van der Waals surface area contributed by atoms with Gasteiger partial charge in [-0.3, -0.25) is 14.3 Å². The molecule has 0 spiro atoms. The zero-order valence-corrected chi connectivity index (χ0v) is 23.9. The lowest BCUT2D eigenvalue weighted by Crippen LogP contribution is -2.39. The predicted octanol–water partition coefficient (Wildman–Crippen LogP) is 6.57. The Morgan fingerprint density at radius 2 is 1.88 bits per heavy atom. The van der Waals surface area contributed by atoms with Crippen molar-refractivity contribution in [2.75, 3.05) is 13.2 Å². The van der Waals surface area contributed by atoms with Crippen molar-refractivity contribution < 1.29 is 28.2 Å².